The second-order valence-corrected chi connectivity index (χ2v) is 8.11. The van der Waals surface area contributed by atoms with E-state index in [1.54, 1.807) is 12.5 Å². The van der Waals surface area contributed by atoms with E-state index in [1.165, 1.54) is 5.56 Å². The summed E-state index contributed by atoms with van der Waals surface area (Å²) in [5, 5.41) is 3.25. The van der Waals surface area contributed by atoms with Gasteiger partial charge in [-0.05, 0) is 30.2 Å². The van der Waals surface area contributed by atoms with E-state index >= 15 is 0 Å². The van der Waals surface area contributed by atoms with Gasteiger partial charge < -0.3 is 5.32 Å². The van der Waals surface area contributed by atoms with Crippen molar-refractivity contribution in [2.24, 2.45) is 4.99 Å². The second-order valence-electron chi connectivity index (χ2n) is 6.67. The summed E-state index contributed by atoms with van der Waals surface area (Å²) >= 11 is 0. The van der Waals surface area contributed by atoms with E-state index in [0.29, 0.717) is 11.7 Å². The largest absolute Gasteiger partial charge is 0.324 e. The summed E-state index contributed by atoms with van der Waals surface area (Å²) in [5.41, 5.74) is 6.04. The van der Waals surface area contributed by atoms with Crippen molar-refractivity contribution in [1.29, 1.82) is 0 Å². The number of nitrogens with zero attached hydrogens (tertiary/aromatic N) is 3. The number of hydrogen-bond donors (Lipinski definition) is 1. The Labute approximate surface area is 161 Å². The number of rotatable bonds is 5. The fourth-order valence-electron chi connectivity index (χ4n) is 3.07. The number of benzene rings is 2. The van der Waals surface area contributed by atoms with Gasteiger partial charge in [-0.3, -0.25) is 9.20 Å². The summed E-state index contributed by atoms with van der Waals surface area (Å²) in [6.07, 6.45) is 5.37. The number of nitrogens with one attached hydrogen (secondary N) is 1. The monoisotopic (exact) mass is 376 g/mol. The van der Waals surface area contributed by atoms with Gasteiger partial charge in [-0.25, -0.2) is 9.97 Å². The molecule has 5 nitrogen and oxygen atoms in total. The van der Waals surface area contributed by atoms with Crippen LogP contribution in [0.3, 0.4) is 0 Å². The summed E-state index contributed by atoms with van der Waals surface area (Å²) in [6, 6.07) is 16.3. The van der Waals surface area contributed by atoms with Crippen LogP contribution in [0.4, 0.5) is 17.3 Å². The molecule has 1 N–H and O–H groups in total. The second kappa shape index (κ2) is 7.40. The molecule has 0 aliphatic carbocycles. The molecule has 0 bridgehead atoms. The molecule has 0 saturated carbocycles. The van der Waals surface area contributed by atoms with Crippen molar-refractivity contribution < 1.29 is 4.21 Å². The topological polar surface area (TPSA) is 67.2 Å². The predicted octanol–water partition coefficient (Wildman–Crippen LogP) is 4.25. The molecule has 6 heteroatoms. The highest BCUT2D eigenvalue weighted by Crippen LogP contribution is 2.35. The van der Waals surface area contributed by atoms with Crippen molar-refractivity contribution >= 4 is 34.3 Å². The van der Waals surface area contributed by atoms with E-state index in [4.69, 9.17) is 4.98 Å². The molecule has 1 aromatic heterocycles. The molecule has 0 spiro atoms. The first-order valence-electron chi connectivity index (χ1n) is 8.72. The van der Waals surface area contributed by atoms with Crippen molar-refractivity contribution in [2.75, 3.05) is 11.6 Å². The standard InChI is InChI=1S/C21H20N4OS/c1-14-3-9-17(10-4-14)24-21-23-12-19-20(25-21)18(11-22-19)16-7-5-15(6-8-16)13-27(2)26/h3-12,18H,13H2,1-2H3,(H,23,24,25). The Bertz CT molecular complexity index is 1010. The fraction of sp³-hybridized carbons (Fsp3) is 0.190. The summed E-state index contributed by atoms with van der Waals surface area (Å²) in [6.45, 7) is 2.06. The number of aliphatic imine (C=N–C) groups is 1. The Morgan fingerprint density at radius 3 is 2.52 bits per heavy atom. The predicted molar refractivity (Wildman–Crippen MR) is 111 cm³/mol. The molecule has 2 atom stereocenters. The van der Waals surface area contributed by atoms with Crippen LogP contribution in [-0.2, 0) is 16.6 Å². The highest BCUT2D eigenvalue weighted by molar-refractivity contribution is 7.83. The maximum Gasteiger partial charge on any atom is 0.227 e. The average Bonchev–Trinajstić information content (AvgIpc) is 3.07. The van der Waals surface area contributed by atoms with Crippen LogP contribution in [0.2, 0.25) is 0 Å². The quantitative estimate of drug-likeness (QED) is 0.723. The Hall–Kier alpha value is -2.86. The van der Waals surface area contributed by atoms with E-state index in [1.807, 2.05) is 42.6 Å². The highest BCUT2D eigenvalue weighted by atomic mass is 32.2. The molecule has 3 aromatic rings. The third-order valence-electron chi connectivity index (χ3n) is 4.47. The van der Waals surface area contributed by atoms with Crippen molar-refractivity contribution in [3.8, 4) is 0 Å². The molecule has 2 aromatic carbocycles. The molecular weight excluding hydrogens is 356 g/mol. The van der Waals surface area contributed by atoms with Crippen molar-refractivity contribution in [2.45, 2.75) is 18.6 Å². The Kier molecular flexibility index (Phi) is 4.81. The molecule has 0 fully saturated rings. The number of fused-ring (bicyclic) bond motifs is 1. The van der Waals surface area contributed by atoms with Crippen LogP contribution in [0.5, 0.6) is 0 Å². The number of aryl methyl sites for hydroxylation is 1. The summed E-state index contributed by atoms with van der Waals surface area (Å²) in [5.74, 6) is 1.14. The van der Waals surface area contributed by atoms with Gasteiger partial charge >= 0.3 is 0 Å². The van der Waals surface area contributed by atoms with E-state index in [-0.39, 0.29) is 5.92 Å². The number of anilines is 2. The molecule has 0 radical (unpaired) electrons. The van der Waals surface area contributed by atoms with Gasteiger partial charge in [0, 0.05) is 34.7 Å². The van der Waals surface area contributed by atoms with Crippen molar-refractivity contribution in [3.63, 3.8) is 0 Å². The lowest BCUT2D eigenvalue weighted by atomic mass is 9.97. The van der Waals surface area contributed by atoms with E-state index < -0.39 is 10.8 Å². The third-order valence-corrected chi connectivity index (χ3v) is 5.21. The first-order valence-corrected chi connectivity index (χ1v) is 10.4. The normalized spacial score (nSPS) is 16.1. The zero-order valence-electron chi connectivity index (χ0n) is 15.2. The highest BCUT2D eigenvalue weighted by Gasteiger charge is 2.23. The molecule has 27 heavy (non-hydrogen) atoms. The van der Waals surface area contributed by atoms with Crippen molar-refractivity contribution in [3.05, 3.63) is 77.1 Å². The van der Waals surface area contributed by atoms with Gasteiger partial charge in [-0.2, -0.15) is 0 Å². The fourth-order valence-corrected chi connectivity index (χ4v) is 3.73. The van der Waals surface area contributed by atoms with Gasteiger partial charge in [0.25, 0.3) is 0 Å². The van der Waals surface area contributed by atoms with Gasteiger partial charge in [0.15, 0.2) is 0 Å². The lowest BCUT2D eigenvalue weighted by Gasteiger charge is -2.12. The van der Waals surface area contributed by atoms with Crippen LogP contribution in [0.15, 0.2) is 59.7 Å². The zero-order chi connectivity index (χ0) is 18.8. The summed E-state index contributed by atoms with van der Waals surface area (Å²) in [4.78, 5) is 13.5. The van der Waals surface area contributed by atoms with E-state index in [9.17, 15) is 4.21 Å². The lowest BCUT2D eigenvalue weighted by molar-refractivity contribution is 0.686. The lowest BCUT2D eigenvalue weighted by Crippen LogP contribution is -2.05. The van der Waals surface area contributed by atoms with Crippen LogP contribution in [0.1, 0.15) is 28.3 Å². The molecule has 0 saturated heterocycles. The molecule has 2 heterocycles. The SMILES string of the molecule is Cc1ccc(Nc2ncc3c(n2)C(c2ccc(CS(C)=O)cc2)C=N3)cc1. The Morgan fingerprint density at radius 1 is 1.07 bits per heavy atom. The summed E-state index contributed by atoms with van der Waals surface area (Å²) in [7, 11) is -0.841. The molecular formula is C21H20N4OS. The first-order chi connectivity index (χ1) is 13.1. The van der Waals surface area contributed by atoms with Gasteiger partial charge in [0.1, 0.15) is 5.69 Å². The van der Waals surface area contributed by atoms with Gasteiger partial charge in [0.2, 0.25) is 5.95 Å². The van der Waals surface area contributed by atoms with Crippen LogP contribution >= 0.6 is 0 Å². The van der Waals surface area contributed by atoms with Crippen LogP contribution in [-0.4, -0.2) is 26.6 Å². The Morgan fingerprint density at radius 2 is 1.81 bits per heavy atom. The van der Waals surface area contributed by atoms with Gasteiger partial charge in [-0.15, -0.1) is 0 Å². The van der Waals surface area contributed by atoms with Gasteiger partial charge in [0.05, 0.1) is 17.8 Å². The molecule has 1 aliphatic rings. The molecule has 4 rings (SSSR count). The van der Waals surface area contributed by atoms with E-state index in [2.05, 4.69) is 34.3 Å². The molecule has 2 unspecified atom stereocenters. The van der Waals surface area contributed by atoms with Crippen LogP contribution < -0.4 is 5.32 Å². The third kappa shape index (κ3) is 3.95. The van der Waals surface area contributed by atoms with Crippen LogP contribution in [0, 0.1) is 6.92 Å². The first kappa shape index (κ1) is 17.5. The zero-order valence-corrected chi connectivity index (χ0v) is 16.0. The maximum atomic E-state index is 11.4. The van der Waals surface area contributed by atoms with Crippen molar-refractivity contribution in [1.82, 2.24) is 9.97 Å². The minimum atomic E-state index is -0.841. The number of aromatic nitrogens is 2. The average molecular weight is 376 g/mol. The minimum Gasteiger partial charge on any atom is -0.324 e. The molecule has 1 aliphatic heterocycles. The summed E-state index contributed by atoms with van der Waals surface area (Å²) < 4.78 is 11.4. The number of hydrogen-bond acceptors (Lipinski definition) is 5. The van der Waals surface area contributed by atoms with E-state index in [0.717, 1.165) is 28.2 Å². The minimum absolute atomic E-state index is 0.00254. The molecule has 136 valence electrons. The smallest absolute Gasteiger partial charge is 0.227 e. The Balaban J connectivity index is 1.58. The maximum absolute atomic E-state index is 11.4. The molecule has 0 amide bonds. The van der Waals surface area contributed by atoms with Gasteiger partial charge in [-0.1, -0.05) is 42.0 Å². The van der Waals surface area contributed by atoms with Crippen LogP contribution in [0.25, 0.3) is 0 Å².